The van der Waals surface area contributed by atoms with Gasteiger partial charge in [-0.05, 0) is 34.5 Å². The lowest BCUT2D eigenvalue weighted by atomic mass is 10.4. The summed E-state index contributed by atoms with van der Waals surface area (Å²) in [6, 6.07) is 3.75. The highest BCUT2D eigenvalue weighted by atomic mass is 79.9. The molecule has 0 unspecified atom stereocenters. The fourth-order valence-corrected chi connectivity index (χ4v) is 2.32. The zero-order chi connectivity index (χ0) is 13.9. The number of hydrogen-bond donors (Lipinski definition) is 2. The third-order valence-electron chi connectivity index (χ3n) is 2.30. The van der Waals surface area contributed by atoms with Gasteiger partial charge >= 0.3 is 0 Å². The van der Waals surface area contributed by atoms with E-state index in [1.165, 1.54) is 0 Å². The van der Waals surface area contributed by atoms with Crippen molar-refractivity contribution in [1.29, 1.82) is 0 Å². The van der Waals surface area contributed by atoms with Gasteiger partial charge in [0.1, 0.15) is 0 Å². The maximum Gasteiger partial charge on any atom is 0.243 e. The first-order valence-electron chi connectivity index (χ1n) is 5.64. The molecule has 2 aromatic heterocycles. The second-order valence-corrected chi connectivity index (χ2v) is 6.78. The molecule has 0 aromatic carbocycles. The molecular weight excluding hydrogens is 334 g/mol. The number of nitrogens with zero attached hydrogens (tertiary/aromatic N) is 3. The molecule has 0 aliphatic carbocycles. The molecule has 0 spiro atoms. The summed E-state index contributed by atoms with van der Waals surface area (Å²) < 4.78 is 26.7. The highest BCUT2D eigenvalue weighted by Gasteiger charge is 2.03. The van der Waals surface area contributed by atoms with Gasteiger partial charge in [0.15, 0.2) is 5.65 Å². The second-order valence-electron chi connectivity index (χ2n) is 4.03. The number of pyridine rings is 1. The van der Waals surface area contributed by atoms with E-state index in [0.717, 1.165) is 16.4 Å². The van der Waals surface area contributed by atoms with Crippen LogP contribution in [0.5, 0.6) is 0 Å². The van der Waals surface area contributed by atoms with Crippen LogP contribution in [0, 0.1) is 0 Å². The Morgan fingerprint density at radius 1 is 1.37 bits per heavy atom. The molecule has 7 nitrogen and oxygen atoms in total. The van der Waals surface area contributed by atoms with E-state index in [1.54, 1.807) is 4.52 Å². The number of hydrogen-bond acceptors (Lipinski definition) is 5. The van der Waals surface area contributed by atoms with Crippen LogP contribution in [-0.2, 0) is 10.0 Å². The number of halogens is 1. The Balaban J connectivity index is 1.85. The van der Waals surface area contributed by atoms with E-state index < -0.39 is 10.0 Å². The summed E-state index contributed by atoms with van der Waals surface area (Å²) in [6.07, 6.45) is 3.62. The first-order chi connectivity index (χ1) is 8.94. The van der Waals surface area contributed by atoms with Gasteiger partial charge < -0.3 is 5.32 Å². The SMILES string of the molecule is CS(=O)(=O)NCCCNc1nc2ccc(Br)cn2n1. The molecule has 2 heterocycles. The molecule has 2 N–H and O–H groups in total. The minimum absolute atomic E-state index is 0.394. The average Bonchev–Trinajstić information content (AvgIpc) is 2.68. The molecular formula is C10H14BrN5O2S. The van der Waals surface area contributed by atoms with Gasteiger partial charge in [-0.1, -0.05) is 0 Å². The maximum atomic E-state index is 10.8. The van der Waals surface area contributed by atoms with Gasteiger partial charge in [0.2, 0.25) is 16.0 Å². The normalized spacial score (nSPS) is 11.9. The van der Waals surface area contributed by atoms with E-state index in [2.05, 4.69) is 36.1 Å². The summed E-state index contributed by atoms with van der Waals surface area (Å²) in [5.74, 6) is 0.525. The molecule has 0 fully saturated rings. The monoisotopic (exact) mass is 347 g/mol. The molecule has 0 saturated carbocycles. The van der Waals surface area contributed by atoms with Gasteiger partial charge in [-0.25, -0.2) is 17.7 Å². The van der Waals surface area contributed by atoms with Gasteiger partial charge in [0, 0.05) is 23.8 Å². The Kier molecular flexibility index (Phi) is 4.38. The quantitative estimate of drug-likeness (QED) is 0.756. The van der Waals surface area contributed by atoms with Crippen LogP contribution in [0.4, 0.5) is 5.95 Å². The topological polar surface area (TPSA) is 88.4 Å². The van der Waals surface area contributed by atoms with E-state index in [4.69, 9.17) is 0 Å². The fourth-order valence-electron chi connectivity index (χ4n) is 1.48. The number of fused-ring (bicyclic) bond motifs is 1. The van der Waals surface area contributed by atoms with Gasteiger partial charge in [0.05, 0.1) is 6.26 Å². The van der Waals surface area contributed by atoms with Crippen LogP contribution in [0.2, 0.25) is 0 Å². The molecule has 0 bridgehead atoms. The molecule has 19 heavy (non-hydrogen) atoms. The largest absolute Gasteiger partial charge is 0.353 e. The minimum Gasteiger partial charge on any atom is -0.353 e. The Morgan fingerprint density at radius 3 is 2.89 bits per heavy atom. The van der Waals surface area contributed by atoms with Crippen molar-refractivity contribution in [2.75, 3.05) is 24.7 Å². The molecule has 0 radical (unpaired) electrons. The van der Waals surface area contributed by atoms with Crippen molar-refractivity contribution in [2.24, 2.45) is 0 Å². The summed E-state index contributed by atoms with van der Waals surface area (Å²) >= 11 is 3.36. The van der Waals surface area contributed by atoms with E-state index >= 15 is 0 Å². The second kappa shape index (κ2) is 5.85. The number of aromatic nitrogens is 3. The lowest BCUT2D eigenvalue weighted by Crippen LogP contribution is -2.24. The van der Waals surface area contributed by atoms with Crippen LogP contribution in [0.15, 0.2) is 22.8 Å². The Hall–Kier alpha value is -1.19. The van der Waals surface area contributed by atoms with Crippen molar-refractivity contribution in [2.45, 2.75) is 6.42 Å². The van der Waals surface area contributed by atoms with Gasteiger partial charge in [-0.3, -0.25) is 0 Å². The smallest absolute Gasteiger partial charge is 0.243 e. The lowest BCUT2D eigenvalue weighted by Gasteiger charge is -2.02. The maximum absolute atomic E-state index is 10.8. The summed E-state index contributed by atoms with van der Waals surface area (Å²) in [4.78, 5) is 4.28. The summed E-state index contributed by atoms with van der Waals surface area (Å²) in [6.45, 7) is 0.991. The third kappa shape index (κ3) is 4.44. The van der Waals surface area contributed by atoms with Crippen molar-refractivity contribution in [3.05, 3.63) is 22.8 Å². The van der Waals surface area contributed by atoms with E-state index in [9.17, 15) is 8.42 Å². The number of anilines is 1. The van der Waals surface area contributed by atoms with Crippen molar-refractivity contribution >= 4 is 37.5 Å². The first-order valence-corrected chi connectivity index (χ1v) is 8.33. The third-order valence-corrected chi connectivity index (χ3v) is 3.49. The lowest BCUT2D eigenvalue weighted by molar-refractivity contribution is 0.586. The zero-order valence-electron chi connectivity index (χ0n) is 10.3. The van der Waals surface area contributed by atoms with Gasteiger partial charge in [-0.2, -0.15) is 4.98 Å². The van der Waals surface area contributed by atoms with Crippen LogP contribution >= 0.6 is 15.9 Å². The number of sulfonamides is 1. The molecule has 0 amide bonds. The fraction of sp³-hybridized carbons (Fsp3) is 0.400. The summed E-state index contributed by atoms with van der Waals surface area (Å²) in [7, 11) is -3.11. The molecule has 104 valence electrons. The van der Waals surface area contributed by atoms with Gasteiger partial charge in [-0.15, -0.1) is 5.10 Å². The first kappa shape index (κ1) is 14.2. The van der Waals surface area contributed by atoms with Crippen LogP contribution in [0.25, 0.3) is 5.65 Å². The van der Waals surface area contributed by atoms with Crippen molar-refractivity contribution < 1.29 is 8.42 Å². The van der Waals surface area contributed by atoms with Crippen molar-refractivity contribution in [3.63, 3.8) is 0 Å². The van der Waals surface area contributed by atoms with Crippen LogP contribution < -0.4 is 10.0 Å². The Bertz CT molecular complexity index is 670. The van der Waals surface area contributed by atoms with Crippen LogP contribution in [0.1, 0.15) is 6.42 Å². The highest BCUT2D eigenvalue weighted by Crippen LogP contribution is 2.11. The molecule has 0 atom stereocenters. The van der Waals surface area contributed by atoms with E-state index in [0.29, 0.717) is 25.5 Å². The molecule has 0 saturated heterocycles. The molecule has 0 aliphatic rings. The summed E-state index contributed by atoms with van der Waals surface area (Å²) in [5, 5.41) is 7.29. The number of nitrogens with one attached hydrogen (secondary N) is 2. The molecule has 2 rings (SSSR count). The Labute approximate surface area is 119 Å². The average molecular weight is 348 g/mol. The predicted molar refractivity (Wildman–Crippen MR) is 76.6 cm³/mol. The standard InChI is InChI=1S/C10H14BrN5O2S/c1-19(17,18)13-6-2-5-12-10-14-9-4-3-8(11)7-16(9)15-10/h3-4,7,13H,2,5-6H2,1H3,(H,12,15). The van der Waals surface area contributed by atoms with Gasteiger partial charge in [0.25, 0.3) is 0 Å². The van der Waals surface area contributed by atoms with E-state index in [1.807, 2.05) is 18.3 Å². The highest BCUT2D eigenvalue weighted by molar-refractivity contribution is 9.10. The van der Waals surface area contributed by atoms with E-state index in [-0.39, 0.29) is 0 Å². The van der Waals surface area contributed by atoms with Crippen molar-refractivity contribution in [3.8, 4) is 0 Å². The van der Waals surface area contributed by atoms with Crippen LogP contribution in [-0.4, -0.2) is 42.4 Å². The molecule has 2 aromatic rings. The molecule has 0 aliphatic heterocycles. The van der Waals surface area contributed by atoms with Crippen molar-refractivity contribution in [1.82, 2.24) is 19.3 Å². The predicted octanol–water partition coefficient (Wildman–Crippen LogP) is 0.843. The minimum atomic E-state index is -3.11. The summed E-state index contributed by atoms with van der Waals surface area (Å²) in [5.41, 5.74) is 0.750. The zero-order valence-corrected chi connectivity index (χ0v) is 12.7. The van der Waals surface area contributed by atoms with Crippen LogP contribution in [0.3, 0.4) is 0 Å². The Morgan fingerprint density at radius 2 is 2.16 bits per heavy atom. The number of rotatable bonds is 6. The molecule has 9 heteroatoms.